The van der Waals surface area contributed by atoms with Gasteiger partial charge >= 0.3 is 0 Å². The molecule has 1 unspecified atom stereocenters. The minimum absolute atomic E-state index is 0.557. The summed E-state index contributed by atoms with van der Waals surface area (Å²) in [6.45, 7) is 11.3. The van der Waals surface area contributed by atoms with Gasteiger partial charge in [-0.05, 0) is 18.6 Å². The van der Waals surface area contributed by atoms with Crippen molar-refractivity contribution in [2.24, 2.45) is 5.10 Å². The molecule has 4 rings (SSSR count). The molecule has 0 saturated carbocycles. The van der Waals surface area contributed by atoms with E-state index in [9.17, 15) is 5.11 Å². The molecule has 0 amide bonds. The minimum Gasteiger partial charge on any atom is -0.493 e. The lowest BCUT2D eigenvalue weighted by Crippen LogP contribution is -2.39. The number of aliphatic hydroxyl groups excluding tert-OH is 1. The lowest BCUT2D eigenvalue weighted by atomic mass is 9.97. The molecule has 2 N–H and O–H groups in total. The molecule has 3 heterocycles. The molecule has 0 fully saturated rings. The summed E-state index contributed by atoms with van der Waals surface area (Å²) in [5.41, 5.74) is 7.06. The fourth-order valence-corrected chi connectivity index (χ4v) is 3.57. The van der Waals surface area contributed by atoms with E-state index in [0.717, 1.165) is 47.6 Å². The number of aliphatic hydroxyl groups is 1. The summed E-state index contributed by atoms with van der Waals surface area (Å²) in [5, 5.41) is 15.1. The van der Waals surface area contributed by atoms with Gasteiger partial charge in [-0.25, -0.2) is 9.97 Å². The number of fused-ring (bicyclic) bond motifs is 1. The molecule has 0 saturated heterocycles. The molecule has 2 aliphatic rings. The normalized spacial score (nSPS) is 16.0. The van der Waals surface area contributed by atoms with Crippen LogP contribution in [0.4, 0.5) is 5.82 Å². The van der Waals surface area contributed by atoms with Crippen molar-refractivity contribution < 1.29 is 14.6 Å². The van der Waals surface area contributed by atoms with E-state index in [-0.39, 0.29) is 0 Å². The summed E-state index contributed by atoms with van der Waals surface area (Å²) >= 11 is 0. The highest BCUT2D eigenvalue weighted by Crippen LogP contribution is 2.36. The first kappa shape index (κ1) is 24.4. The maximum atomic E-state index is 9.85. The zero-order chi connectivity index (χ0) is 23.0. The third-order valence-electron chi connectivity index (χ3n) is 5.07. The van der Waals surface area contributed by atoms with E-state index in [2.05, 4.69) is 25.4 Å². The van der Waals surface area contributed by atoms with Gasteiger partial charge in [0.25, 0.3) is 0 Å². The first-order chi connectivity index (χ1) is 15.1. The van der Waals surface area contributed by atoms with E-state index in [1.807, 2.05) is 39.8 Å². The second-order valence-corrected chi connectivity index (χ2v) is 6.74. The third-order valence-corrected chi connectivity index (χ3v) is 5.07. The highest BCUT2D eigenvalue weighted by atomic mass is 16.5. The molecule has 2 aliphatic heterocycles. The zero-order valence-electron chi connectivity index (χ0n) is 19.7. The predicted molar refractivity (Wildman–Crippen MR) is 126 cm³/mol. The van der Waals surface area contributed by atoms with Gasteiger partial charge < -0.3 is 19.5 Å². The molecular weight excluding hydrogens is 394 g/mol. The lowest BCUT2D eigenvalue weighted by molar-refractivity contribution is 0.258. The Morgan fingerprint density at radius 1 is 1.06 bits per heavy atom. The SMILES string of the molecule is CC.CC.COc1cc2ncnc(N3CCC4=C(CC(C(C)O)=NN4)C3)c2cc1OC. The maximum absolute atomic E-state index is 9.85. The maximum Gasteiger partial charge on any atom is 0.162 e. The van der Waals surface area contributed by atoms with Gasteiger partial charge in [0.1, 0.15) is 12.1 Å². The van der Waals surface area contributed by atoms with Crippen LogP contribution in [0.3, 0.4) is 0 Å². The van der Waals surface area contributed by atoms with Gasteiger partial charge in [0.2, 0.25) is 0 Å². The fraction of sp³-hybridized carbons (Fsp3) is 0.522. The van der Waals surface area contributed by atoms with Crippen molar-refractivity contribution in [3.8, 4) is 11.5 Å². The Bertz CT molecular complexity index is 940. The largest absolute Gasteiger partial charge is 0.493 e. The van der Waals surface area contributed by atoms with Crippen LogP contribution in [0.2, 0.25) is 0 Å². The lowest BCUT2D eigenvalue weighted by Gasteiger charge is -2.34. The average molecular weight is 430 g/mol. The van der Waals surface area contributed by atoms with Crippen LogP contribution in [0, 0.1) is 0 Å². The quantitative estimate of drug-likeness (QED) is 0.762. The van der Waals surface area contributed by atoms with Crippen molar-refractivity contribution >= 4 is 22.4 Å². The molecule has 8 nitrogen and oxygen atoms in total. The Labute approximate surface area is 185 Å². The summed E-state index contributed by atoms with van der Waals surface area (Å²) in [4.78, 5) is 11.2. The smallest absolute Gasteiger partial charge is 0.162 e. The van der Waals surface area contributed by atoms with Crippen LogP contribution in [0.15, 0.2) is 34.8 Å². The molecule has 8 heteroatoms. The van der Waals surface area contributed by atoms with Gasteiger partial charge in [-0.15, -0.1) is 0 Å². The van der Waals surface area contributed by atoms with Crippen molar-refractivity contribution in [3.05, 3.63) is 29.7 Å². The number of rotatable bonds is 4. The molecule has 1 atom stereocenters. The standard InChI is InChI=1S/C19H23N5O3.2C2H6/c1-11(25)15-6-12-9-24(5-4-14(12)22-23-15)19-13-7-17(26-2)18(27-3)8-16(13)20-10-21-19;2*1-2/h7-8,10-11,22,25H,4-6,9H2,1-3H3;2*1-2H3. The highest BCUT2D eigenvalue weighted by molar-refractivity contribution is 5.93. The van der Waals surface area contributed by atoms with Gasteiger partial charge in [0, 0.05) is 43.1 Å². The Hall–Kier alpha value is -2.87. The van der Waals surface area contributed by atoms with Gasteiger partial charge in [0.15, 0.2) is 11.5 Å². The molecule has 0 radical (unpaired) electrons. The number of hydrazone groups is 1. The van der Waals surface area contributed by atoms with Crippen molar-refractivity contribution in [2.45, 2.75) is 53.6 Å². The monoisotopic (exact) mass is 429 g/mol. The van der Waals surface area contributed by atoms with E-state index < -0.39 is 6.10 Å². The molecule has 0 aliphatic carbocycles. The molecule has 2 aromatic rings. The molecule has 1 aromatic carbocycles. The van der Waals surface area contributed by atoms with Crippen LogP contribution in [0.5, 0.6) is 11.5 Å². The summed E-state index contributed by atoms with van der Waals surface area (Å²) in [6, 6.07) is 3.80. The average Bonchev–Trinajstić information content (AvgIpc) is 2.84. The van der Waals surface area contributed by atoms with Crippen LogP contribution in [-0.4, -0.2) is 54.2 Å². The van der Waals surface area contributed by atoms with E-state index in [1.165, 1.54) is 5.57 Å². The number of nitrogens with one attached hydrogen (secondary N) is 1. The molecule has 31 heavy (non-hydrogen) atoms. The first-order valence-corrected chi connectivity index (χ1v) is 10.9. The minimum atomic E-state index is -0.557. The van der Waals surface area contributed by atoms with Crippen LogP contribution >= 0.6 is 0 Å². The molecule has 1 aromatic heterocycles. The van der Waals surface area contributed by atoms with Gasteiger partial charge in [-0.3, -0.25) is 5.43 Å². The Morgan fingerprint density at radius 2 is 1.74 bits per heavy atom. The van der Waals surface area contributed by atoms with Crippen molar-refractivity contribution in [3.63, 3.8) is 0 Å². The highest BCUT2D eigenvalue weighted by Gasteiger charge is 2.26. The van der Waals surface area contributed by atoms with E-state index in [0.29, 0.717) is 17.9 Å². The number of aromatic nitrogens is 2. The predicted octanol–water partition coefficient (Wildman–Crippen LogP) is 3.89. The number of ether oxygens (including phenoxy) is 2. The third kappa shape index (κ3) is 5.25. The fourth-order valence-electron chi connectivity index (χ4n) is 3.57. The summed E-state index contributed by atoms with van der Waals surface area (Å²) in [6.07, 6.45) is 2.55. The number of methoxy groups -OCH3 is 2. The first-order valence-electron chi connectivity index (χ1n) is 10.9. The van der Waals surface area contributed by atoms with Crippen molar-refractivity contribution in [1.82, 2.24) is 15.4 Å². The number of anilines is 1. The van der Waals surface area contributed by atoms with Crippen LogP contribution < -0.4 is 19.8 Å². The topological polar surface area (TPSA) is 92.1 Å². The van der Waals surface area contributed by atoms with Crippen molar-refractivity contribution in [1.29, 1.82) is 0 Å². The van der Waals surface area contributed by atoms with Gasteiger partial charge in [-0.1, -0.05) is 27.7 Å². The van der Waals surface area contributed by atoms with E-state index >= 15 is 0 Å². The van der Waals surface area contributed by atoms with Crippen LogP contribution in [0.25, 0.3) is 10.9 Å². The Balaban J connectivity index is 0.000000807. The number of benzene rings is 1. The summed E-state index contributed by atoms with van der Waals surface area (Å²) < 4.78 is 10.8. The molecular formula is C23H35N5O3. The number of nitrogens with zero attached hydrogens (tertiary/aromatic N) is 4. The number of hydrogen-bond acceptors (Lipinski definition) is 8. The Morgan fingerprint density at radius 3 is 2.39 bits per heavy atom. The summed E-state index contributed by atoms with van der Waals surface area (Å²) in [7, 11) is 3.23. The second-order valence-electron chi connectivity index (χ2n) is 6.74. The van der Waals surface area contributed by atoms with Gasteiger partial charge in [-0.2, -0.15) is 5.10 Å². The molecule has 0 spiro atoms. The van der Waals surface area contributed by atoms with Crippen LogP contribution in [-0.2, 0) is 0 Å². The van der Waals surface area contributed by atoms with Crippen LogP contribution in [0.1, 0.15) is 47.5 Å². The summed E-state index contributed by atoms with van der Waals surface area (Å²) in [5.74, 6) is 2.17. The number of hydrogen-bond donors (Lipinski definition) is 2. The van der Waals surface area contributed by atoms with Gasteiger partial charge in [0.05, 0.1) is 31.6 Å². The van der Waals surface area contributed by atoms with Crippen molar-refractivity contribution in [2.75, 3.05) is 32.2 Å². The molecule has 170 valence electrons. The van der Waals surface area contributed by atoms with E-state index in [1.54, 1.807) is 27.5 Å². The second kappa shape index (κ2) is 11.5. The zero-order valence-corrected chi connectivity index (χ0v) is 19.7. The molecule has 0 bridgehead atoms. The Kier molecular flexibility index (Phi) is 9.05. The van der Waals surface area contributed by atoms with E-state index in [4.69, 9.17) is 9.47 Å².